The summed E-state index contributed by atoms with van der Waals surface area (Å²) in [7, 11) is 0. The molecule has 0 aliphatic rings. The summed E-state index contributed by atoms with van der Waals surface area (Å²) in [6.45, 7) is 0. The summed E-state index contributed by atoms with van der Waals surface area (Å²) in [5, 5.41) is 0. The van der Waals surface area contributed by atoms with Crippen LogP contribution in [0.3, 0.4) is 0 Å². The number of thiocarbonyl (C=S) groups is 1. The predicted molar refractivity (Wildman–Crippen MR) is 46.4 cm³/mol. The summed E-state index contributed by atoms with van der Waals surface area (Å²) in [6, 6.07) is 0. The van der Waals surface area contributed by atoms with Crippen molar-refractivity contribution in [2.45, 2.75) is 0 Å². The zero-order valence-corrected chi connectivity index (χ0v) is 10.2. The molecular weight excluding hydrogens is 349 g/mol. The van der Waals surface area contributed by atoms with Crippen LogP contribution in [0.25, 0.3) is 0 Å². The Balaban J connectivity index is -0.0000000150. The molecule has 0 aromatic heterocycles. The Morgan fingerprint density at radius 3 is 1.43 bits per heavy atom. The van der Waals surface area contributed by atoms with Gasteiger partial charge in [-0.3, -0.25) is 0 Å². The molecule has 0 rings (SSSR count). The quantitative estimate of drug-likeness (QED) is 0.284. The molecule has 50 valence electrons. The maximum atomic E-state index is 4.66. The van der Waals surface area contributed by atoms with Crippen molar-refractivity contribution in [1.82, 2.24) is 0 Å². The van der Waals surface area contributed by atoms with Gasteiger partial charge < -0.3 is 30.6 Å². The molecule has 0 aromatic carbocycles. The molecule has 0 aliphatic heterocycles. The third kappa shape index (κ3) is 86.0. The number of nitrogens with two attached hydrogens (primary N) is 1. The second-order valence-corrected chi connectivity index (χ2v) is 1.46. The Kier molecular flexibility index (Phi) is 52.2. The third-order valence-electron chi connectivity index (χ3n) is 0. The van der Waals surface area contributed by atoms with Gasteiger partial charge in [0.1, 0.15) is 0 Å². The first-order valence-corrected chi connectivity index (χ1v) is 1.51. The molecule has 0 bridgehead atoms. The molecule has 0 saturated heterocycles. The van der Waals surface area contributed by atoms with E-state index in [-0.39, 0.29) is 46.5 Å². The molecule has 0 aromatic rings. The van der Waals surface area contributed by atoms with Crippen molar-refractivity contribution in [3.8, 4) is 0 Å². The Labute approximate surface area is 76.7 Å². The Hall–Kier alpha value is 1.71. The molecular formula is CH8AuNP2S2. The summed E-state index contributed by atoms with van der Waals surface area (Å²) in [5.41, 5.74) is 4.66. The van der Waals surface area contributed by atoms with Gasteiger partial charge in [-0.05, 0) is 0 Å². The van der Waals surface area contributed by atoms with Crippen LogP contribution in [-0.4, -0.2) is 4.32 Å². The second kappa shape index (κ2) is 15.6. The van der Waals surface area contributed by atoms with E-state index in [1.807, 2.05) is 0 Å². The van der Waals surface area contributed by atoms with Crippen molar-refractivity contribution in [3.05, 3.63) is 0 Å². The first-order valence-electron chi connectivity index (χ1n) is 0.697. The zero-order chi connectivity index (χ0) is 3.58. The van der Waals surface area contributed by atoms with E-state index in [1.165, 1.54) is 0 Å². The topological polar surface area (TPSA) is 26.0 Å². The van der Waals surface area contributed by atoms with Crippen molar-refractivity contribution in [2.24, 2.45) is 5.73 Å². The zero-order valence-electron chi connectivity index (χ0n) is 3.61. The van der Waals surface area contributed by atoms with Gasteiger partial charge in [0, 0.05) is 0 Å². The van der Waals surface area contributed by atoms with Crippen LogP contribution in [0.4, 0.5) is 0 Å². The van der Waals surface area contributed by atoms with E-state index in [4.69, 9.17) is 0 Å². The molecule has 2 unspecified atom stereocenters. The fourth-order valence-electron chi connectivity index (χ4n) is 0. The monoisotopic (exact) mass is 357 g/mol. The van der Waals surface area contributed by atoms with Crippen LogP contribution in [0.5, 0.6) is 0 Å². The van der Waals surface area contributed by atoms with Crippen LogP contribution in [0.15, 0.2) is 0 Å². The number of hydrogen-bond donors (Lipinski definition) is 1. The largest absolute Gasteiger partial charge is 1.00 e. The maximum Gasteiger partial charge on any atom is 1.00 e. The molecule has 0 radical (unpaired) electrons. The van der Waals surface area contributed by atoms with E-state index in [1.54, 1.807) is 0 Å². The standard InChI is InChI=1S/CH3NS2.Au.2H3P/c2-1(3)4;;;/h(H3,2,3,4);;2*1H3/q;+1;;/p-1. The molecule has 1 nitrogen and oxygen atoms in total. The van der Waals surface area contributed by atoms with Crippen molar-refractivity contribution in [1.29, 1.82) is 0 Å². The number of rotatable bonds is 0. The summed E-state index contributed by atoms with van der Waals surface area (Å²) >= 11 is 8.26. The van der Waals surface area contributed by atoms with Crippen LogP contribution in [-0.2, 0) is 35.0 Å². The minimum atomic E-state index is 0. The second-order valence-electron chi connectivity index (χ2n) is 0.319. The SMILES string of the molecule is NC(=S)[S-].P.P.[Au+]. The van der Waals surface area contributed by atoms with Gasteiger partial charge in [0.25, 0.3) is 0 Å². The van der Waals surface area contributed by atoms with Crippen molar-refractivity contribution >= 4 is 49.0 Å². The van der Waals surface area contributed by atoms with Crippen LogP contribution in [0.1, 0.15) is 0 Å². The van der Waals surface area contributed by atoms with Gasteiger partial charge in [0.05, 0.1) is 0 Å². The van der Waals surface area contributed by atoms with Crippen LogP contribution >= 0.6 is 32.0 Å². The van der Waals surface area contributed by atoms with Gasteiger partial charge in [-0.2, -0.15) is 19.8 Å². The van der Waals surface area contributed by atoms with Gasteiger partial charge in [-0.15, -0.1) is 0 Å². The van der Waals surface area contributed by atoms with Gasteiger partial charge in [-0.25, -0.2) is 0 Å². The average molecular weight is 357 g/mol. The number of hydrogen-bond acceptors (Lipinski definition) is 2. The fourth-order valence-corrected chi connectivity index (χ4v) is 0. The van der Waals surface area contributed by atoms with Crippen molar-refractivity contribution < 1.29 is 22.4 Å². The Morgan fingerprint density at radius 2 is 1.43 bits per heavy atom. The molecule has 0 heterocycles. The molecule has 0 saturated carbocycles. The normalized spacial score (nSPS) is 3.43. The van der Waals surface area contributed by atoms with Gasteiger partial charge >= 0.3 is 22.4 Å². The minimum Gasteiger partial charge on any atom is -0.415 e. The summed E-state index contributed by atoms with van der Waals surface area (Å²) in [6.07, 6.45) is 0. The molecule has 7 heavy (non-hydrogen) atoms. The smallest absolute Gasteiger partial charge is 0.415 e. The van der Waals surface area contributed by atoms with Crippen LogP contribution in [0.2, 0.25) is 0 Å². The van der Waals surface area contributed by atoms with Crippen LogP contribution in [0, 0.1) is 0 Å². The van der Waals surface area contributed by atoms with E-state index >= 15 is 0 Å². The summed E-state index contributed by atoms with van der Waals surface area (Å²) < 4.78 is 0.0833. The van der Waals surface area contributed by atoms with Gasteiger partial charge in [-0.1, -0.05) is 4.32 Å². The van der Waals surface area contributed by atoms with Gasteiger partial charge in [0.15, 0.2) is 0 Å². The van der Waals surface area contributed by atoms with Gasteiger partial charge in [0.2, 0.25) is 0 Å². The molecule has 2 N–H and O–H groups in total. The molecule has 0 spiro atoms. The molecule has 2 atom stereocenters. The fraction of sp³-hybridized carbons (Fsp3) is 0. The van der Waals surface area contributed by atoms with E-state index in [0.717, 1.165) is 0 Å². The maximum absolute atomic E-state index is 4.66. The summed E-state index contributed by atoms with van der Waals surface area (Å²) in [5.74, 6) is 0. The molecule has 0 amide bonds. The minimum absolute atomic E-state index is 0. The Morgan fingerprint density at radius 1 is 1.43 bits per heavy atom. The first-order chi connectivity index (χ1) is 1.73. The van der Waals surface area contributed by atoms with Crippen LogP contribution < -0.4 is 5.73 Å². The van der Waals surface area contributed by atoms with E-state index < -0.39 is 0 Å². The Bertz CT molecular complexity index is 38.7. The average Bonchev–Trinajstić information content (AvgIpc) is 0.811. The predicted octanol–water partition coefficient (Wildman–Crippen LogP) is -0.109. The van der Waals surface area contributed by atoms with E-state index in [9.17, 15) is 0 Å². The summed E-state index contributed by atoms with van der Waals surface area (Å²) in [4.78, 5) is 0. The molecule has 0 aliphatic carbocycles. The van der Waals surface area contributed by atoms with E-state index in [2.05, 4.69) is 30.6 Å². The molecule has 0 fully saturated rings. The molecule has 6 heteroatoms. The van der Waals surface area contributed by atoms with E-state index in [0.29, 0.717) is 0 Å². The van der Waals surface area contributed by atoms with Crippen molar-refractivity contribution in [3.63, 3.8) is 0 Å². The van der Waals surface area contributed by atoms with Crippen molar-refractivity contribution in [2.75, 3.05) is 0 Å². The third-order valence-corrected chi connectivity index (χ3v) is 0. The first kappa shape index (κ1) is 23.3.